The summed E-state index contributed by atoms with van der Waals surface area (Å²) in [6.07, 6.45) is 6.80. The third kappa shape index (κ3) is 1.56. The van der Waals surface area contributed by atoms with Gasteiger partial charge in [-0.25, -0.2) is 4.39 Å². The van der Waals surface area contributed by atoms with Crippen LogP contribution in [0, 0.1) is 29.5 Å². The van der Waals surface area contributed by atoms with E-state index in [0.29, 0.717) is 11.8 Å². The Balaban J connectivity index is 1.81. The molecule has 0 heterocycles. The highest BCUT2D eigenvalue weighted by Crippen LogP contribution is 2.61. The van der Waals surface area contributed by atoms with E-state index in [2.05, 4.69) is 18.4 Å². The summed E-state index contributed by atoms with van der Waals surface area (Å²) in [4.78, 5) is 0. The Kier molecular flexibility index (Phi) is 2.54. The Morgan fingerprint density at radius 2 is 1.68 bits per heavy atom. The van der Waals surface area contributed by atoms with Crippen molar-refractivity contribution < 1.29 is 4.39 Å². The maximum absolute atomic E-state index is 13.7. The predicted molar refractivity (Wildman–Crippen MR) is 74.2 cm³/mol. The highest BCUT2D eigenvalue weighted by molar-refractivity contribution is 5.30. The van der Waals surface area contributed by atoms with Gasteiger partial charge >= 0.3 is 0 Å². The van der Waals surface area contributed by atoms with Crippen molar-refractivity contribution in [2.75, 3.05) is 7.05 Å². The molecule has 1 aromatic carbocycles. The summed E-state index contributed by atoms with van der Waals surface area (Å²) < 4.78 is 13.7. The van der Waals surface area contributed by atoms with E-state index in [9.17, 15) is 4.39 Å². The molecular formula is C17H22FN. The molecule has 0 unspecified atom stereocenters. The second-order valence-electron chi connectivity index (χ2n) is 6.93. The van der Waals surface area contributed by atoms with Crippen LogP contribution in [0.4, 0.5) is 4.39 Å². The summed E-state index contributed by atoms with van der Waals surface area (Å²) in [5.74, 6) is 3.20. The third-order valence-corrected chi connectivity index (χ3v) is 6.14. The number of hydrogen-bond acceptors (Lipinski definition) is 1. The maximum Gasteiger partial charge on any atom is 0.123 e. The molecule has 4 saturated carbocycles. The molecule has 4 bridgehead atoms. The van der Waals surface area contributed by atoms with E-state index in [4.69, 9.17) is 0 Å². The fraction of sp³-hybridized carbons (Fsp3) is 0.647. The van der Waals surface area contributed by atoms with Crippen molar-refractivity contribution in [2.45, 2.75) is 37.6 Å². The molecule has 1 nitrogen and oxygen atoms in total. The number of nitrogens with one attached hydrogen (secondary N) is 1. The van der Waals surface area contributed by atoms with Gasteiger partial charge in [-0.2, -0.15) is 0 Å². The first kappa shape index (κ1) is 11.9. The molecular weight excluding hydrogens is 237 g/mol. The number of halogens is 1. The SMILES string of the molecule is CNC1(c2cccc(F)c2)C2CC3CC(C2)CC1C3. The molecule has 4 aliphatic carbocycles. The molecule has 0 aliphatic heterocycles. The lowest BCUT2D eigenvalue weighted by Crippen LogP contribution is -2.61. The van der Waals surface area contributed by atoms with E-state index in [1.807, 2.05) is 6.07 Å². The summed E-state index contributed by atoms with van der Waals surface area (Å²) in [7, 11) is 2.08. The Morgan fingerprint density at radius 3 is 2.21 bits per heavy atom. The van der Waals surface area contributed by atoms with E-state index < -0.39 is 0 Å². The second-order valence-corrected chi connectivity index (χ2v) is 6.93. The Bertz CT molecular complexity index is 468. The van der Waals surface area contributed by atoms with Crippen LogP contribution in [0.25, 0.3) is 0 Å². The summed E-state index contributed by atoms with van der Waals surface area (Å²) in [6, 6.07) is 7.32. The molecule has 4 aliphatic rings. The van der Waals surface area contributed by atoms with E-state index in [1.54, 1.807) is 12.1 Å². The van der Waals surface area contributed by atoms with E-state index in [0.717, 1.165) is 11.8 Å². The van der Waals surface area contributed by atoms with Gasteiger partial charge in [0.25, 0.3) is 0 Å². The van der Waals surface area contributed by atoms with Crippen LogP contribution < -0.4 is 5.32 Å². The van der Waals surface area contributed by atoms with Crippen molar-refractivity contribution in [1.29, 1.82) is 0 Å². The van der Waals surface area contributed by atoms with Crippen LogP contribution in [0.5, 0.6) is 0 Å². The molecule has 0 aromatic heterocycles. The smallest absolute Gasteiger partial charge is 0.123 e. The Labute approximate surface area is 114 Å². The molecule has 1 aromatic rings. The van der Waals surface area contributed by atoms with Crippen LogP contribution in [0.3, 0.4) is 0 Å². The first-order chi connectivity index (χ1) is 9.22. The lowest BCUT2D eigenvalue weighted by molar-refractivity contribution is -0.0745. The Hall–Kier alpha value is -0.890. The van der Waals surface area contributed by atoms with Gasteiger partial charge in [0, 0.05) is 5.54 Å². The van der Waals surface area contributed by atoms with E-state index in [1.165, 1.54) is 37.7 Å². The lowest BCUT2D eigenvalue weighted by Gasteiger charge is -2.61. The summed E-state index contributed by atoms with van der Waals surface area (Å²) >= 11 is 0. The molecule has 4 fully saturated rings. The number of hydrogen-bond donors (Lipinski definition) is 1. The fourth-order valence-corrected chi connectivity index (χ4v) is 5.70. The third-order valence-electron chi connectivity index (χ3n) is 6.14. The molecule has 19 heavy (non-hydrogen) atoms. The fourth-order valence-electron chi connectivity index (χ4n) is 5.70. The van der Waals surface area contributed by atoms with Crippen molar-refractivity contribution in [1.82, 2.24) is 5.32 Å². The quantitative estimate of drug-likeness (QED) is 0.854. The van der Waals surface area contributed by atoms with Gasteiger partial charge in [0.1, 0.15) is 5.82 Å². The predicted octanol–water partition coefficient (Wildman–Crippen LogP) is 3.70. The standard InChI is InChI=1S/C17H22FN/c1-19-17(13-3-2-4-16(18)10-13)14-6-11-5-12(8-14)9-15(17)7-11/h2-4,10-12,14-15,19H,5-9H2,1H3. The highest BCUT2D eigenvalue weighted by Gasteiger charge is 2.57. The molecule has 1 N–H and O–H groups in total. The minimum atomic E-state index is -0.0964. The van der Waals surface area contributed by atoms with E-state index in [-0.39, 0.29) is 11.4 Å². The van der Waals surface area contributed by atoms with Crippen LogP contribution in [-0.2, 0) is 5.54 Å². The minimum Gasteiger partial charge on any atom is -0.310 e. The zero-order valence-electron chi connectivity index (χ0n) is 11.5. The van der Waals surface area contributed by atoms with Gasteiger partial charge in [-0.05, 0) is 80.5 Å². The van der Waals surface area contributed by atoms with Crippen molar-refractivity contribution in [3.05, 3.63) is 35.6 Å². The topological polar surface area (TPSA) is 12.0 Å². The average molecular weight is 259 g/mol. The van der Waals surface area contributed by atoms with Crippen molar-refractivity contribution in [3.8, 4) is 0 Å². The maximum atomic E-state index is 13.7. The van der Waals surface area contributed by atoms with Crippen LogP contribution in [0.15, 0.2) is 24.3 Å². The van der Waals surface area contributed by atoms with Gasteiger partial charge in [0.05, 0.1) is 0 Å². The Morgan fingerprint density at radius 1 is 1.05 bits per heavy atom. The van der Waals surface area contributed by atoms with Crippen LogP contribution >= 0.6 is 0 Å². The molecule has 0 atom stereocenters. The summed E-state index contributed by atoms with van der Waals surface area (Å²) in [6.45, 7) is 0. The minimum absolute atomic E-state index is 0.0372. The molecule has 5 rings (SSSR count). The summed E-state index contributed by atoms with van der Waals surface area (Å²) in [5, 5.41) is 3.64. The van der Waals surface area contributed by atoms with Crippen LogP contribution in [0.2, 0.25) is 0 Å². The zero-order chi connectivity index (χ0) is 13.0. The lowest BCUT2D eigenvalue weighted by atomic mass is 9.47. The van der Waals surface area contributed by atoms with Crippen molar-refractivity contribution in [2.24, 2.45) is 23.7 Å². The van der Waals surface area contributed by atoms with Gasteiger partial charge in [0.2, 0.25) is 0 Å². The largest absolute Gasteiger partial charge is 0.310 e. The van der Waals surface area contributed by atoms with Crippen LogP contribution in [0.1, 0.15) is 37.7 Å². The van der Waals surface area contributed by atoms with Crippen LogP contribution in [-0.4, -0.2) is 7.05 Å². The summed E-state index contributed by atoms with van der Waals surface area (Å²) in [5.41, 5.74) is 1.22. The average Bonchev–Trinajstić information content (AvgIpc) is 2.38. The second kappa shape index (κ2) is 4.05. The monoisotopic (exact) mass is 259 g/mol. The van der Waals surface area contributed by atoms with Gasteiger partial charge in [-0.15, -0.1) is 0 Å². The van der Waals surface area contributed by atoms with Crippen molar-refractivity contribution in [3.63, 3.8) is 0 Å². The molecule has 102 valence electrons. The molecule has 0 amide bonds. The molecule has 0 saturated heterocycles. The molecule has 0 radical (unpaired) electrons. The van der Waals surface area contributed by atoms with Gasteiger partial charge in [0.15, 0.2) is 0 Å². The zero-order valence-corrected chi connectivity index (χ0v) is 11.5. The van der Waals surface area contributed by atoms with Gasteiger partial charge in [-0.1, -0.05) is 12.1 Å². The van der Waals surface area contributed by atoms with E-state index >= 15 is 0 Å². The van der Waals surface area contributed by atoms with Gasteiger partial charge in [-0.3, -0.25) is 0 Å². The molecule has 0 spiro atoms. The molecule has 2 heteroatoms. The number of benzene rings is 1. The first-order valence-corrected chi connectivity index (χ1v) is 7.67. The van der Waals surface area contributed by atoms with Crippen molar-refractivity contribution >= 4 is 0 Å². The first-order valence-electron chi connectivity index (χ1n) is 7.67. The van der Waals surface area contributed by atoms with Gasteiger partial charge < -0.3 is 5.32 Å². The highest BCUT2D eigenvalue weighted by atomic mass is 19.1. The number of rotatable bonds is 2. The normalized spacial score (nSPS) is 43.7.